The Kier molecular flexibility index (Phi) is 6.05. The molecule has 0 bridgehead atoms. The molecule has 1 saturated heterocycles. The summed E-state index contributed by atoms with van der Waals surface area (Å²) in [6.45, 7) is 7.34. The van der Waals surface area contributed by atoms with Crippen LogP contribution in [0, 0.1) is 0 Å². The summed E-state index contributed by atoms with van der Waals surface area (Å²) in [7, 11) is 1.74. The van der Waals surface area contributed by atoms with Crippen molar-refractivity contribution in [1.29, 1.82) is 0 Å². The Morgan fingerprint density at radius 1 is 1.50 bits per heavy atom. The van der Waals surface area contributed by atoms with Gasteiger partial charge < -0.3 is 15.8 Å². The number of amides is 1. The molecular formula is C13H27N3O2. The molecule has 1 rings (SSSR count). The minimum Gasteiger partial charge on any atom is -0.381 e. The summed E-state index contributed by atoms with van der Waals surface area (Å²) >= 11 is 0. The molecule has 0 aromatic rings. The molecule has 18 heavy (non-hydrogen) atoms. The standard InChI is InChI=1S/C13H27N3O2/c1-9(2)15-13(17)10(3)16-6-5-12(18-4)7-11(16)8-14/h9-12H,5-8,14H2,1-4H3,(H,15,17). The van der Waals surface area contributed by atoms with E-state index in [4.69, 9.17) is 10.5 Å². The van der Waals surface area contributed by atoms with Crippen LogP contribution in [0.2, 0.25) is 0 Å². The number of piperidine rings is 1. The molecule has 1 fully saturated rings. The van der Waals surface area contributed by atoms with Crippen molar-refractivity contribution < 1.29 is 9.53 Å². The van der Waals surface area contributed by atoms with Gasteiger partial charge in [-0.3, -0.25) is 9.69 Å². The second kappa shape index (κ2) is 7.07. The third kappa shape index (κ3) is 3.93. The van der Waals surface area contributed by atoms with Crippen LogP contribution < -0.4 is 11.1 Å². The monoisotopic (exact) mass is 257 g/mol. The molecular weight excluding hydrogens is 230 g/mol. The van der Waals surface area contributed by atoms with Gasteiger partial charge in [-0.15, -0.1) is 0 Å². The summed E-state index contributed by atoms with van der Waals surface area (Å²) in [5.41, 5.74) is 5.82. The van der Waals surface area contributed by atoms with E-state index in [0.29, 0.717) is 6.54 Å². The highest BCUT2D eigenvalue weighted by Gasteiger charge is 2.33. The number of hydrogen-bond acceptors (Lipinski definition) is 4. The fraction of sp³-hybridized carbons (Fsp3) is 0.923. The SMILES string of the molecule is COC1CCN(C(C)C(=O)NC(C)C)C(CN)C1. The van der Waals surface area contributed by atoms with Crippen molar-refractivity contribution in [3.8, 4) is 0 Å². The molecule has 1 aliphatic rings. The quantitative estimate of drug-likeness (QED) is 0.745. The Bertz CT molecular complexity index is 271. The topological polar surface area (TPSA) is 67.6 Å². The number of rotatable bonds is 5. The third-order valence-electron chi connectivity index (χ3n) is 3.63. The normalized spacial score (nSPS) is 27.2. The number of nitrogens with one attached hydrogen (secondary N) is 1. The first kappa shape index (κ1) is 15.4. The van der Waals surface area contributed by atoms with Crippen molar-refractivity contribution in [2.75, 3.05) is 20.2 Å². The molecule has 0 aromatic heterocycles. The molecule has 0 aliphatic carbocycles. The maximum atomic E-state index is 12.0. The number of carbonyl (C=O) groups excluding carboxylic acids is 1. The summed E-state index contributed by atoms with van der Waals surface area (Å²) in [6.07, 6.45) is 2.15. The molecule has 5 nitrogen and oxygen atoms in total. The fourth-order valence-electron chi connectivity index (χ4n) is 2.54. The van der Waals surface area contributed by atoms with Crippen LogP contribution >= 0.6 is 0 Å². The second-order valence-electron chi connectivity index (χ2n) is 5.35. The summed E-state index contributed by atoms with van der Waals surface area (Å²) in [6, 6.07) is 0.281. The van der Waals surface area contributed by atoms with Crippen LogP contribution in [0.5, 0.6) is 0 Å². The first-order valence-corrected chi connectivity index (χ1v) is 6.78. The summed E-state index contributed by atoms with van der Waals surface area (Å²) in [5, 5.41) is 2.96. The average Bonchev–Trinajstić information content (AvgIpc) is 2.36. The minimum absolute atomic E-state index is 0.0827. The highest BCUT2D eigenvalue weighted by atomic mass is 16.5. The van der Waals surface area contributed by atoms with E-state index in [9.17, 15) is 4.79 Å². The van der Waals surface area contributed by atoms with Gasteiger partial charge in [-0.1, -0.05) is 0 Å². The third-order valence-corrected chi connectivity index (χ3v) is 3.63. The van der Waals surface area contributed by atoms with Crippen molar-refractivity contribution in [1.82, 2.24) is 10.2 Å². The molecule has 3 unspecified atom stereocenters. The van der Waals surface area contributed by atoms with Crippen molar-refractivity contribution in [2.24, 2.45) is 5.73 Å². The number of methoxy groups -OCH3 is 1. The van der Waals surface area contributed by atoms with Crippen LogP contribution in [0.3, 0.4) is 0 Å². The van der Waals surface area contributed by atoms with Gasteiger partial charge in [0, 0.05) is 32.3 Å². The Labute approximate surface area is 110 Å². The van der Waals surface area contributed by atoms with E-state index in [0.717, 1.165) is 19.4 Å². The lowest BCUT2D eigenvalue weighted by atomic mass is 9.97. The fourth-order valence-corrected chi connectivity index (χ4v) is 2.54. The molecule has 1 heterocycles. The molecule has 5 heteroatoms. The molecule has 106 valence electrons. The second-order valence-corrected chi connectivity index (χ2v) is 5.35. The Morgan fingerprint density at radius 2 is 2.17 bits per heavy atom. The van der Waals surface area contributed by atoms with Crippen molar-refractivity contribution >= 4 is 5.91 Å². The zero-order valence-electron chi connectivity index (χ0n) is 12.0. The zero-order chi connectivity index (χ0) is 13.7. The maximum Gasteiger partial charge on any atom is 0.237 e. The molecule has 0 saturated carbocycles. The first-order valence-electron chi connectivity index (χ1n) is 6.78. The van der Waals surface area contributed by atoms with Crippen LogP contribution in [0.1, 0.15) is 33.6 Å². The predicted octanol–water partition coefficient (Wildman–Crippen LogP) is 0.338. The predicted molar refractivity (Wildman–Crippen MR) is 72.3 cm³/mol. The van der Waals surface area contributed by atoms with E-state index in [1.165, 1.54) is 0 Å². The van der Waals surface area contributed by atoms with Gasteiger partial charge in [0.15, 0.2) is 0 Å². The van der Waals surface area contributed by atoms with Crippen LogP contribution in [0.4, 0.5) is 0 Å². The molecule has 0 radical (unpaired) electrons. The Hall–Kier alpha value is -0.650. The van der Waals surface area contributed by atoms with Gasteiger partial charge in [-0.2, -0.15) is 0 Å². The molecule has 1 amide bonds. The van der Waals surface area contributed by atoms with Crippen molar-refractivity contribution in [2.45, 2.75) is 57.8 Å². The maximum absolute atomic E-state index is 12.0. The van der Waals surface area contributed by atoms with Crippen LogP contribution in [-0.4, -0.2) is 55.2 Å². The Balaban J connectivity index is 2.61. The lowest BCUT2D eigenvalue weighted by molar-refractivity contribution is -0.128. The van der Waals surface area contributed by atoms with Gasteiger partial charge >= 0.3 is 0 Å². The average molecular weight is 257 g/mol. The van der Waals surface area contributed by atoms with E-state index >= 15 is 0 Å². The molecule has 0 aromatic carbocycles. The van der Waals surface area contributed by atoms with Crippen LogP contribution in [0.15, 0.2) is 0 Å². The number of ether oxygens (including phenoxy) is 1. The highest BCUT2D eigenvalue weighted by molar-refractivity contribution is 5.81. The van der Waals surface area contributed by atoms with Gasteiger partial charge in [0.1, 0.15) is 0 Å². The lowest BCUT2D eigenvalue weighted by Gasteiger charge is -2.41. The largest absolute Gasteiger partial charge is 0.381 e. The van der Waals surface area contributed by atoms with Crippen molar-refractivity contribution in [3.63, 3.8) is 0 Å². The van der Waals surface area contributed by atoms with Crippen LogP contribution in [-0.2, 0) is 9.53 Å². The number of nitrogens with two attached hydrogens (primary N) is 1. The van der Waals surface area contributed by atoms with E-state index in [1.54, 1.807) is 7.11 Å². The smallest absolute Gasteiger partial charge is 0.237 e. The summed E-state index contributed by atoms with van der Waals surface area (Å²) < 4.78 is 5.39. The summed E-state index contributed by atoms with van der Waals surface area (Å²) in [4.78, 5) is 14.2. The number of hydrogen-bond donors (Lipinski definition) is 2. The van der Waals surface area contributed by atoms with E-state index in [2.05, 4.69) is 10.2 Å². The van der Waals surface area contributed by atoms with E-state index in [-0.39, 0.29) is 30.1 Å². The van der Waals surface area contributed by atoms with Gasteiger partial charge in [0.2, 0.25) is 5.91 Å². The highest BCUT2D eigenvalue weighted by Crippen LogP contribution is 2.21. The van der Waals surface area contributed by atoms with Crippen LogP contribution in [0.25, 0.3) is 0 Å². The van der Waals surface area contributed by atoms with E-state index in [1.807, 2.05) is 20.8 Å². The molecule has 0 spiro atoms. The van der Waals surface area contributed by atoms with Gasteiger partial charge in [-0.25, -0.2) is 0 Å². The molecule has 1 aliphatic heterocycles. The lowest BCUT2D eigenvalue weighted by Crippen LogP contribution is -2.56. The molecule has 3 N–H and O–H groups in total. The van der Waals surface area contributed by atoms with Gasteiger partial charge in [0.05, 0.1) is 12.1 Å². The minimum atomic E-state index is -0.126. The number of nitrogens with zero attached hydrogens (tertiary/aromatic N) is 1. The van der Waals surface area contributed by atoms with Gasteiger partial charge in [-0.05, 0) is 33.6 Å². The van der Waals surface area contributed by atoms with Gasteiger partial charge in [0.25, 0.3) is 0 Å². The number of carbonyl (C=O) groups is 1. The summed E-state index contributed by atoms with van der Waals surface area (Å²) in [5.74, 6) is 0.0827. The van der Waals surface area contributed by atoms with E-state index < -0.39 is 0 Å². The number of likely N-dealkylation sites (tertiary alicyclic amines) is 1. The molecule has 3 atom stereocenters. The first-order chi connectivity index (χ1) is 8.49. The Morgan fingerprint density at radius 3 is 2.67 bits per heavy atom. The van der Waals surface area contributed by atoms with Crippen molar-refractivity contribution in [3.05, 3.63) is 0 Å². The zero-order valence-corrected chi connectivity index (χ0v) is 12.0.